The van der Waals surface area contributed by atoms with Gasteiger partial charge < -0.3 is 14.7 Å². The summed E-state index contributed by atoms with van der Waals surface area (Å²) in [5, 5.41) is 0. The van der Waals surface area contributed by atoms with Crippen molar-refractivity contribution >= 4 is 0 Å². The van der Waals surface area contributed by atoms with Crippen molar-refractivity contribution in [2.24, 2.45) is 29.6 Å². The third-order valence-electron chi connectivity index (χ3n) is 7.83. The van der Waals surface area contributed by atoms with Crippen LogP contribution in [0.25, 0.3) is 0 Å². The summed E-state index contributed by atoms with van der Waals surface area (Å²) in [6.07, 6.45) is 14.2. The molecule has 3 saturated heterocycles. The van der Waals surface area contributed by atoms with E-state index in [1.165, 1.54) is 96.9 Å². The van der Waals surface area contributed by atoms with Gasteiger partial charge in [-0.15, -0.1) is 0 Å². The molecule has 0 amide bonds. The molecule has 3 nitrogen and oxygen atoms in total. The summed E-state index contributed by atoms with van der Waals surface area (Å²) in [6, 6.07) is 0.878. The van der Waals surface area contributed by atoms with Crippen LogP contribution in [0.1, 0.15) is 106 Å². The van der Waals surface area contributed by atoms with Crippen molar-refractivity contribution < 1.29 is 0 Å². The first kappa shape index (κ1) is 30.9. The van der Waals surface area contributed by atoms with Crippen LogP contribution < -0.4 is 0 Å². The van der Waals surface area contributed by atoms with E-state index >= 15 is 0 Å². The van der Waals surface area contributed by atoms with Gasteiger partial charge in [-0.1, -0.05) is 48.0 Å². The van der Waals surface area contributed by atoms with Crippen molar-refractivity contribution in [2.75, 3.05) is 53.9 Å². The number of hydrogen-bond acceptors (Lipinski definition) is 3. The van der Waals surface area contributed by atoms with Crippen LogP contribution >= 0.6 is 0 Å². The van der Waals surface area contributed by atoms with Gasteiger partial charge in [0.25, 0.3) is 0 Å². The van der Waals surface area contributed by atoms with Crippen molar-refractivity contribution in [3.05, 3.63) is 0 Å². The van der Waals surface area contributed by atoms with Gasteiger partial charge in [0.2, 0.25) is 0 Å². The lowest BCUT2D eigenvalue weighted by atomic mass is 9.89. The van der Waals surface area contributed by atoms with E-state index in [1.54, 1.807) is 0 Å². The third-order valence-corrected chi connectivity index (χ3v) is 7.83. The van der Waals surface area contributed by atoms with Crippen molar-refractivity contribution in [2.45, 2.75) is 112 Å². The first-order chi connectivity index (χ1) is 15.6. The molecule has 2 atom stereocenters. The second-order valence-corrected chi connectivity index (χ2v) is 13.0. The van der Waals surface area contributed by atoms with E-state index in [2.05, 4.69) is 77.4 Å². The Hall–Kier alpha value is -0.120. The van der Waals surface area contributed by atoms with E-state index in [4.69, 9.17) is 0 Å². The molecular formula is C30H63N3. The Kier molecular flexibility index (Phi) is 16.2. The maximum Gasteiger partial charge on any atom is 0.00946 e. The highest BCUT2D eigenvalue weighted by Crippen LogP contribution is 2.23. The molecule has 0 spiro atoms. The van der Waals surface area contributed by atoms with Crippen LogP contribution in [0.3, 0.4) is 0 Å². The van der Waals surface area contributed by atoms with Crippen LogP contribution in [0.2, 0.25) is 0 Å². The van der Waals surface area contributed by atoms with Crippen LogP contribution in [-0.4, -0.2) is 74.6 Å². The van der Waals surface area contributed by atoms with E-state index in [0.717, 1.165) is 35.6 Å². The second kappa shape index (κ2) is 17.3. The smallest absolute Gasteiger partial charge is 0.00946 e. The predicted octanol–water partition coefficient (Wildman–Crippen LogP) is 7.27. The average Bonchev–Trinajstić information content (AvgIpc) is 2.71. The Morgan fingerprint density at radius 1 is 0.545 bits per heavy atom. The van der Waals surface area contributed by atoms with Crippen LogP contribution in [-0.2, 0) is 0 Å². The van der Waals surface area contributed by atoms with E-state index in [9.17, 15) is 0 Å². The van der Waals surface area contributed by atoms with Gasteiger partial charge in [-0.2, -0.15) is 0 Å². The Bertz CT molecular complexity index is 451. The van der Waals surface area contributed by atoms with Crippen molar-refractivity contribution in [3.8, 4) is 0 Å². The molecule has 3 heterocycles. The molecule has 0 radical (unpaired) electrons. The Labute approximate surface area is 210 Å². The fourth-order valence-electron chi connectivity index (χ4n) is 6.08. The zero-order chi connectivity index (χ0) is 24.8. The first-order valence-electron chi connectivity index (χ1n) is 14.6. The second-order valence-electron chi connectivity index (χ2n) is 13.0. The van der Waals surface area contributed by atoms with E-state index in [1.807, 2.05) is 0 Å². The summed E-state index contributed by atoms with van der Waals surface area (Å²) >= 11 is 0. The lowest BCUT2D eigenvalue weighted by Gasteiger charge is -2.33. The molecular weight excluding hydrogens is 402 g/mol. The molecule has 0 bridgehead atoms. The normalized spacial score (nSPS) is 26.2. The number of rotatable bonds is 6. The molecule has 0 aromatic rings. The van der Waals surface area contributed by atoms with Gasteiger partial charge >= 0.3 is 0 Å². The minimum Gasteiger partial charge on any atom is -0.306 e. The summed E-state index contributed by atoms with van der Waals surface area (Å²) in [4.78, 5) is 7.44. The van der Waals surface area contributed by atoms with Crippen LogP contribution in [0.4, 0.5) is 0 Å². The topological polar surface area (TPSA) is 9.72 Å². The maximum atomic E-state index is 2.53. The average molecular weight is 466 g/mol. The highest BCUT2D eigenvalue weighted by molar-refractivity contribution is 4.75. The minimum absolute atomic E-state index is 0.862. The third kappa shape index (κ3) is 15.5. The summed E-state index contributed by atoms with van der Waals surface area (Å²) < 4.78 is 0. The molecule has 3 aliphatic rings. The van der Waals surface area contributed by atoms with Crippen LogP contribution in [0, 0.1) is 29.6 Å². The standard InChI is InChI=1S/3C10H21N/c1-9(2)8-10-4-6-11(3)7-5-10;1-9(2)7-10-5-4-6-11(3)8-10;1-9(2)8-10-6-4-5-7-11(10)3/h3*9-10H,4-8H2,1-3H3. The molecule has 0 N–H and O–H groups in total. The maximum absolute atomic E-state index is 2.53. The number of nitrogens with zero attached hydrogens (tertiary/aromatic N) is 3. The predicted molar refractivity (Wildman–Crippen MR) is 149 cm³/mol. The van der Waals surface area contributed by atoms with Gasteiger partial charge in [0.05, 0.1) is 0 Å². The largest absolute Gasteiger partial charge is 0.306 e. The first-order valence-corrected chi connectivity index (χ1v) is 14.6. The molecule has 33 heavy (non-hydrogen) atoms. The summed E-state index contributed by atoms with van der Waals surface area (Å²) in [5.74, 6) is 4.63. The molecule has 0 aliphatic carbocycles. The quantitative estimate of drug-likeness (QED) is 0.408. The molecule has 3 fully saturated rings. The van der Waals surface area contributed by atoms with Gasteiger partial charge in [-0.05, 0) is 135 Å². The molecule has 3 rings (SSSR count). The molecule has 3 heteroatoms. The van der Waals surface area contributed by atoms with E-state index in [-0.39, 0.29) is 0 Å². The van der Waals surface area contributed by atoms with Gasteiger partial charge in [-0.3, -0.25) is 0 Å². The molecule has 2 unspecified atom stereocenters. The zero-order valence-electron chi connectivity index (χ0n) is 24.4. The summed E-state index contributed by atoms with van der Waals surface area (Å²) in [6.45, 7) is 20.6. The zero-order valence-corrected chi connectivity index (χ0v) is 24.4. The van der Waals surface area contributed by atoms with Crippen molar-refractivity contribution in [3.63, 3.8) is 0 Å². The lowest BCUT2D eigenvalue weighted by molar-refractivity contribution is 0.163. The van der Waals surface area contributed by atoms with Gasteiger partial charge in [0, 0.05) is 12.6 Å². The monoisotopic (exact) mass is 466 g/mol. The molecule has 0 aromatic heterocycles. The molecule has 0 saturated carbocycles. The van der Waals surface area contributed by atoms with E-state index < -0.39 is 0 Å². The molecule has 198 valence electrons. The van der Waals surface area contributed by atoms with E-state index in [0.29, 0.717) is 0 Å². The summed E-state index contributed by atoms with van der Waals surface area (Å²) in [5.41, 5.74) is 0. The molecule has 0 aromatic carbocycles. The Morgan fingerprint density at radius 3 is 1.64 bits per heavy atom. The fourth-order valence-corrected chi connectivity index (χ4v) is 6.08. The SMILES string of the molecule is CC(C)CC1CCCCN1C.CC(C)CC1CCCN(C)C1.CC(C)CC1CCN(C)CC1. The lowest BCUT2D eigenvalue weighted by Crippen LogP contribution is -2.36. The Morgan fingerprint density at radius 2 is 1.12 bits per heavy atom. The number of likely N-dealkylation sites (tertiary alicyclic amines) is 3. The minimum atomic E-state index is 0.862. The van der Waals surface area contributed by atoms with Gasteiger partial charge in [-0.25, -0.2) is 0 Å². The number of hydrogen-bond donors (Lipinski definition) is 0. The highest BCUT2D eigenvalue weighted by atomic mass is 15.1. The highest BCUT2D eigenvalue weighted by Gasteiger charge is 2.19. The van der Waals surface area contributed by atoms with Gasteiger partial charge in [0.15, 0.2) is 0 Å². The summed E-state index contributed by atoms with van der Waals surface area (Å²) in [7, 11) is 6.74. The van der Waals surface area contributed by atoms with Gasteiger partial charge in [0.1, 0.15) is 0 Å². The molecule has 3 aliphatic heterocycles. The van der Waals surface area contributed by atoms with Crippen LogP contribution in [0.5, 0.6) is 0 Å². The van der Waals surface area contributed by atoms with Crippen molar-refractivity contribution in [1.29, 1.82) is 0 Å². The fraction of sp³-hybridized carbons (Fsp3) is 1.00. The number of piperidine rings is 3. The van der Waals surface area contributed by atoms with Crippen molar-refractivity contribution in [1.82, 2.24) is 14.7 Å². The Balaban J connectivity index is 0.000000247. The van der Waals surface area contributed by atoms with Crippen LogP contribution in [0.15, 0.2) is 0 Å².